The molecule has 0 aliphatic carbocycles. The molecule has 0 bridgehead atoms. The maximum Gasteiger partial charge on any atom is 0.138 e. The van der Waals surface area contributed by atoms with Gasteiger partial charge in [0.15, 0.2) is 0 Å². The van der Waals surface area contributed by atoms with Gasteiger partial charge in [-0.2, -0.15) is 14.0 Å². The van der Waals surface area contributed by atoms with Crippen LogP contribution in [0.5, 0.6) is 0 Å². The summed E-state index contributed by atoms with van der Waals surface area (Å²) in [7, 11) is 2.14. The lowest BCUT2D eigenvalue weighted by molar-refractivity contribution is 0.372. The third-order valence-corrected chi connectivity index (χ3v) is 4.72. The Morgan fingerprint density at radius 2 is 2.37 bits per heavy atom. The first-order chi connectivity index (χ1) is 9.31. The first-order valence-electron chi connectivity index (χ1n) is 6.51. The minimum absolute atomic E-state index is 0.651. The third-order valence-electron chi connectivity index (χ3n) is 3.03. The molecule has 0 N–H and O–H groups in total. The van der Waals surface area contributed by atoms with Crippen LogP contribution in [0.3, 0.4) is 0 Å². The molecule has 0 spiro atoms. The van der Waals surface area contributed by atoms with Crippen LogP contribution < -0.4 is 0 Å². The fraction of sp³-hybridized carbons (Fsp3) is 0.615. The Balaban J connectivity index is 1.91. The highest BCUT2D eigenvalue weighted by atomic mass is 32.2. The molecule has 0 radical (unpaired) electrons. The Morgan fingerprint density at radius 3 is 3.16 bits per heavy atom. The van der Waals surface area contributed by atoms with Gasteiger partial charge in [-0.1, -0.05) is 6.08 Å². The van der Waals surface area contributed by atoms with Gasteiger partial charge in [-0.25, -0.2) is 0 Å². The van der Waals surface area contributed by atoms with Crippen molar-refractivity contribution in [3.05, 3.63) is 11.8 Å². The summed E-state index contributed by atoms with van der Waals surface area (Å²) in [6.45, 7) is 2.09. The fourth-order valence-corrected chi connectivity index (χ4v) is 3.72. The van der Waals surface area contributed by atoms with Gasteiger partial charge < -0.3 is 4.90 Å². The maximum atomic E-state index is 8.50. The molecule has 6 heteroatoms. The van der Waals surface area contributed by atoms with Crippen molar-refractivity contribution in [2.24, 2.45) is 0 Å². The van der Waals surface area contributed by atoms with Crippen molar-refractivity contribution in [2.45, 2.75) is 30.7 Å². The molecule has 0 unspecified atom stereocenters. The van der Waals surface area contributed by atoms with Crippen LogP contribution in [0.2, 0.25) is 0 Å². The van der Waals surface area contributed by atoms with Gasteiger partial charge in [0.05, 0.1) is 17.8 Å². The van der Waals surface area contributed by atoms with Crippen molar-refractivity contribution in [1.82, 2.24) is 13.6 Å². The predicted molar refractivity (Wildman–Crippen MR) is 80.2 cm³/mol. The normalized spacial score (nSPS) is 16.1. The lowest BCUT2D eigenvalue weighted by Crippen LogP contribution is -2.25. The zero-order valence-corrected chi connectivity index (χ0v) is 12.8. The van der Waals surface area contributed by atoms with Crippen molar-refractivity contribution >= 4 is 29.1 Å². The number of nitrogens with zero attached hydrogens (tertiary/aromatic N) is 4. The number of rotatable bonds is 6. The maximum absolute atomic E-state index is 8.50. The van der Waals surface area contributed by atoms with Crippen molar-refractivity contribution in [3.8, 4) is 6.07 Å². The average molecular weight is 294 g/mol. The standard InChI is InChI=1S/C13H18N4S2/c1-17-8-5-6-11(10-17)12-13(16-19-15-12)18-9-4-2-3-7-14/h6H,2-5,8-10H2,1H3. The van der Waals surface area contributed by atoms with E-state index in [9.17, 15) is 0 Å². The van der Waals surface area contributed by atoms with Crippen LogP contribution in [-0.2, 0) is 0 Å². The minimum Gasteiger partial charge on any atom is -0.302 e. The molecule has 0 amide bonds. The summed E-state index contributed by atoms with van der Waals surface area (Å²) in [5.74, 6) is 1.02. The molecule has 0 fully saturated rings. The topological polar surface area (TPSA) is 52.8 Å². The fourth-order valence-electron chi connectivity index (χ4n) is 2.01. The number of unbranched alkanes of at least 4 members (excludes halogenated alkanes) is 2. The molecule has 0 aromatic carbocycles. The number of hydrogen-bond donors (Lipinski definition) is 0. The second-order valence-electron chi connectivity index (χ2n) is 4.64. The molecule has 102 valence electrons. The van der Waals surface area contributed by atoms with E-state index in [4.69, 9.17) is 5.26 Å². The molecular weight excluding hydrogens is 276 g/mol. The Bertz CT molecular complexity index is 475. The number of hydrogen-bond acceptors (Lipinski definition) is 6. The largest absolute Gasteiger partial charge is 0.302 e. The number of thioether (sulfide) groups is 1. The van der Waals surface area contributed by atoms with Crippen LogP contribution in [0, 0.1) is 11.3 Å². The zero-order valence-electron chi connectivity index (χ0n) is 11.1. The van der Waals surface area contributed by atoms with E-state index in [0.717, 1.165) is 48.8 Å². The van der Waals surface area contributed by atoms with E-state index in [-0.39, 0.29) is 0 Å². The summed E-state index contributed by atoms with van der Waals surface area (Å²) >= 11 is 3.06. The second-order valence-corrected chi connectivity index (χ2v) is 6.25. The van der Waals surface area contributed by atoms with Crippen molar-refractivity contribution in [2.75, 3.05) is 25.9 Å². The molecule has 2 rings (SSSR count). The first kappa shape index (κ1) is 14.5. The Kier molecular flexibility index (Phi) is 5.83. The van der Waals surface area contributed by atoms with Gasteiger partial charge in [0, 0.05) is 19.5 Å². The van der Waals surface area contributed by atoms with E-state index in [1.165, 1.54) is 17.3 Å². The number of likely N-dealkylation sites (N-methyl/N-ethyl adjacent to an activating group) is 1. The summed E-state index contributed by atoms with van der Waals surface area (Å²) in [6, 6.07) is 2.18. The molecule has 0 saturated heterocycles. The van der Waals surface area contributed by atoms with Gasteiger partial charge >= 0.3 is 0 Å². The monoisotopic (exact) mass is 294 g/mol. The van der Waals surface area contributed by atoms with E-state index in [1.807, 2.05) is 0 Å². The summed E-state index contributed by atoms with van der Waals surface area (Å²) < 4.78 is 8.86. The van der Waals surface area contributed by atoms with E-state index < -0.39 is 0 Å². The number of nitriles is 1. The lowest BCUT2D eigenvalue weighted by Gasteiger charge is -2.22. The second kappa shape index (κ2) is 7.63. The predicted octanol–water partition coefficient (Wildman–Crippen LogP) is 3.04. The highest BCUT2D eigenvalue weighted by Crippen LogP contribution is 2.29. The van der Waals surface area contributed by atoms with Crippen LogP contribution in [0.4, 0.5) is 0 Å². The van der Waals surface area contributed by atoms with Gasteiger partial charge in [0.2, 0.25) is 0 Å². The average Bonchev–Trinajstić information content (AvgIpc) is 2.87. The van der Waals surface area contributed by atoms with Crippen molar-refractivity contribution in [1.29, 1.82) is 5.26 Å². The van der Waals surface area contributed by atoms with E-state index >= 15 is 0 Å². The molecule has 1 aromatic rings. The van der Waals surface area contributed by atoms with Gasteiger partial charge in [-0.05, 0) is 37.6 Å². The van der Waals surface area contributed by atoms with Gasteiger partial charge in [0.25, 0.3) is 0 Å². The van der Waals surface area contributed by atoms with Gasteiger partial charge in [0.1, 0.15) is 10.7 Å². The summed E-state index contributed by atoms with van der Waals surface area (Å²) in [5, 5.41) is 9.56. The molecule has 2 heterocycles. The molecule has 4 nitrogen and oxygen atoms in total. The molecule has 0 saturated carbocycles. The molecule has 1 aliphatic heterocycles. The molecule has 1 aliphatic rings. The summed E-state index contributed by atoms with van der Waals surface area (Å²) in [4.78, 5) is 2.32. The van der Waals surface area contributed by atoms with E-state index in [1.54, 1.807) is 11.8 Å². The van der Waals surface area contributed by atoms with Crippen molar-refractivity contribution < 1.29 is 0 Å². The highest BCUT2D eigenvalue weighted by molar-refractivity contribution is 7.99. The Morgan fingerprint density at radius 1 is 1.47 bits per heavy atom. The molecule has 19 heavy (non-hydrogen) atoms. The molecule has 0 atom stereocenters. The summed E-state index contributed by atoms with van der Waals surface area (Å²) in [5.41, 5.74) is 2.38. The lowest BCUT2D eigenvalue weighted by atomic mass is 10.1. The van der Waals surface area contributed by atoms with Crippen LogP contribution in [-0.4, -0.2) is 39.5 Å². The SMILES string of the molecule is CN1CCC=C(c2nsnc2SCCCCC#N)C1. The van der Waals surface area contributed by atoms with E-state index in [0.29, 0.717) is 6.42 Å². The van der Waals surface area contributed by atoms with Crippen molar-refractivity contribution in [3.63, 3.8) is 0 Å². The van der Waals surface area contributed by atoms with Crippen LogP contribution in [0.1, 0.15) is 31.4 Å². The van der Waals surface area contributed by atoms with E-state index in [2.05, 4.69) is 32.8 Å². The molecule has 1 aromatic heterocycles. The van der Waals surface area contributed by atoms with Crippen LogP contribution >= 0.6 is 23.5 Å². The third kappa shape index (κ3) is 4.30. The summed E-state index contributed by atoms with van der Waals surface area (Å²) in [6.07, 6.45) is 6.07. The zero-order chi connectivity index (χ0) is 13.5. The minimum atomic E-state index is 0.651. The van der Waals surface area contributed by atoms with Crippen LogP contribution in [0.15, 0.2) is 11.1 Å². The van der Waals surface area contributed by atoms with Gasteiger partial charge in [-0.15, -0.1) is 11.8 Å². The molecular formula is C13H18N4S2. The highest BCUT2D eigenvalue weighted by Gasteiger charge is 2.17. The first-order valence-corrected chi connectivity index (χ1v) is 8.23. The quantitative estimate of drug-likeness (QED) is 0.596. The smallest absolute Gasteiger partial charge is 0.138 e. The van der Waals surface area contributed by atoms with Crippen LogP contribution in [0.25, 0.3) is 5.57 Å². The van der Waals surface area contributed by atoms with Gasteiger partial charge in [-0.3, -0.25) is 0 Å². The number of aromatic nitrogens is 2. The Hall–Kier alpha value is -0.900. The Labute approximate surface area is 122 Å².